The Labute approximate surface area is 422 Å². The maximum Gasteiger partial charge on any atom is 0.140 e. The Morgan fingerprint density at radius 2 is 0.822 bits per heavy atom. The number of para-hydroxylation sites is 1. The van der Waals surface area contributed by atoms with Crippen molar-refractivity contribution in [3.05, 3.63) is 305 Å². The van der Waals surface area contributed by atoms with E-state index in [0.29, 0.717) is 0 Å². The SMILES string of the molecule is c1ccc(C2(c3ccccc3)c3ccccc3-c3ccc(N(c4ccc5oc6ccccc6c5c4)c4cccc5c4-c4ccccc4C54c5ccc6ccccc6c5Oc5c4ccc4ccccc54)cc32)cc1. The number of benzene rings is 12. The number of fused-ring (bicyclic) bond motifs is 19. The summed E-state index contributed by atoms with van der Waals surface area (Å²) in [4.78, 5) is 2.52. The summed E-state index contributed by atoms with van der Waals surface area (Å²) in [6.45, 7) is 0. The Hall–Kier alpha value is -9.44. The van der Waals surface area contributed by atoms with Gasteiger partial charge in [-0.25, -0.2) is 0 Å². The highest BCUT2D eigenvalue weighted by Crippen LogP contribution is 2.66. The molecule has 0 fully saturated rings. The molecule has 0 atom stereocenters. The smallest absolute Gasteiger partial charge is 0.140 e. The first-order chi connectivity index (χ1) is 36.2. The Morgan fingerprint density at radius 1 is 0.301 bits per heavy atom. The fourth-order valence-electron chi connectivity index (χ4n) is 13.5. The van der Waals surface area contributed by atoms with Crippen molar-refractivity contribution in [1.82, 2.24) is 0 Å². The largest absolute Gasteiger partial charge is 0.456 e. The summed E-state index contributed by atoms with van der Waals surface area (Å²) in [7, 11) is 0. The van der Waals surface area contributed by atoms with Crippen molar-refractivity contribution in [2.24, 2.45) is 0 Å². The lowest BCUT2D eigenvalue weighted by Crippen LogP contribution is -2.32. The molecule has 1 aromatic heterocycles. The predicted molar refractivity (Wildman–Crippen MR) is 298 cm³/mol. The first-order valence-corrected chi connectivity index (χ1v) is 25.2. The van der Waals surface area contributed by atoms with Crippen molar-refractivity contribution in [1.29, 1.82) is 0 Å². The molecule has 1 spiro atoms. The Morgan fingerprint density at radius 3 is 1.52 bits per heavy atom. The molecule has 3 aliphatic rings. The topological polar surface area (TPSA) is 25.6 Å². The van der Waals surface area contributed by atoms with Crippen LogP contribution >= 0.6 is 0 Å². The van der Waals surface area contributed by atoms with Gasteiger partial charge in [0.1, 0.15) is 22.7 Å². The van der Waals surface area contributed by atoms with Gasteiger partial charge >= 0.3 is 0 Å². The zero-order valence-corrected chi connectivity index (χ0v) is 39.6. The summed E-state index contributed by atoms with van der Waals surface area (Å²) in [5.74, 6) is 1.81. The van der Waals surface area contributed by atoms with Gasteiger partial charge in [0.2, 0.25) is 0 Å². The van der Waals surface area contributed by atoms with E-state index in [2.05, 4.69) is 260 Å². The minimum Gasteiger partial charge on any atom is -0.456 e. The van der Waals surface area contributed by atoms with Crippen LogP contribution in [0.2, 0.25) is 0 Å². The molecule has 0 unspecified atom stereocenters. The van der Waals surface area contributed by atoms with E-state index in [9.17, 15) is 0 Å². The second kappa shape index (κ2) is 15.0. The third-order valence-corrected chi connectivity index (χ3v) is 16.4. The highest BCUT2D eigenvalue weighted by atomic mass is 16.5. The van der Waals surface area contributed by atoms with Crippen molar-refractivity contribution in [3.8, 4) is 33.8 Å². The van der Waals surface area contributed by atoms with Crippen LogP contribution in [0, 0.1) is 0 Å². The molecule has 0 saturated carbocycles. The number of rotatable bonds is 5. The van der Waals surface area contributed by atoms with Gasteiger partial charge < -0.3 is 14.1 Å². The maximum absolute atomic E-state index is 7.35. The van der Waals surface area contributed by atoms with Gasteiger partial charge in [0.05, 0.1) is 16.5 Å². The zero-order valence-electron chi connectivity index (χ0n) is 39.6. The quantitative estimate of drug-likeness (QED) is 0.172. The molecule has 0 bridgehead atoms. The second-order valence-electron chi connectivity index (χ2n) is 19.8. The molecular weight excluding hydrogens is 887 g/mol. The van der Waals surface area contributed by atoms with Gasteiger partial charge in [-0.1, -0.05) is 218 Å². The lowest BCUT2D eigenvalue weighted by molar-refractivity contribution is 0.447. The van der Waals surface area contributed by atoms with Crippen LogP contribution in [0.25, 0.3) is 65.7 Å². The van der Waals surface area contributed by atoms with Gasteiger partial charge in [0, 0.05) is 49.6 Å². The standard InChI is InChI=1S/C70H43NO2/c1-3-20-46(21-4-1)69(47-22-5-2-6-23-47)57-29-14-11-26-52(57)53-38-36-49(43-62(53)69)71(48-37-41-65-56(42-48)54-27-13-16-33-64(54)72-65)63-32-17-31-59-66(63)55-28-12-15-30-58(55)70(59)60-39-34-44-18-7-9-24-50(44)67(60)73-68-51-25-10-8-19-45(51)35-40-61(68)70/h1-43H. The van der Waals surface area contributed by atoms with Crippen molar-refractivity contribution in [2.45, 2.75) is 10.8 Å². The summed E-state index contributed by atoms with van der Waals surface area (Å²) < 4.78 is 13.9. The van der Waals surface area contributed by atoms with Crippen LogP contribution in [-0.2, 0) is 10.8 Å². The molecule has 0 saturated heterocycles. The molecule has 16 rings (SSSR count). The van der Waals surface area contributed by atoms with E-state index in [4.69, 9.17) is 9.15 Å². The second-order valence-corrected chi connectivity index (χ2v) is 19.8. The summed E-state index contributed by atoms with van der Waals surface area (Å²) >= 11 is 0. The summed E-state index contributed by atoms with van der Waals surface area (Å²) in [6, 6.07) is 96.1. The van der Waals surface area contributed by atoms with Crippen molar-refractivity contribution in [2.75, 3.05) is 4.90 Å². The van der Waals surface area contributed by atoms with Crippen LogP contribution in [0.15, 0.2) is 265 Å². The molecule has 73 heavy (non-hydrogen) atoms. The van der Waals surface area contributed by atoms with Crippen LogP contribution in [-0.4, -0.2) is 0 Å². The zero-order chi connectivity index (χ0) is 47.8. The van der Waals surface area contributed by atoms with Crippen molar-refractivity contribution >= 4 is 60.5 Å². The van der Waals surface area contributed by atoms with E-state index < -0.39 is 10.8 Å². The van der Waals surface area contributed by atoms with Gasteiger partial charge in [-0.2, -0.15) is 0 Å². The van der Waals surface area contributed by atoms with E-state index in [1.54, 1.807) is 0 Å². The fourth-order valence-corrected chi connectivity index (χ4v) is 13.5. The van der Waals surface area contributed by atoms with Gasteiger partial charge in [-0.15, -0.1) is 0 Å². The molecule has 3 heteroatoms. The molecule has 0 N–H and O–H groups in total. The minimum atomic E-state index is -0.718. The van der Waals surface area contributed by atoms with E-state index in [-0.39, 0.29) is 0 Å². The molecule has 340 valence electrons. The van der Waals surface area contributed by atoms with Gasteiger partial charge in [-0.05, 0) is 103 Å². The van der Waals surface area contributed by atoms with E-state index in [1.165, 1.54) is 55.6 Å². The molecule has 2 heterocycles. The Bertz CT molecular complexity index is 4310. The van der Waals surface area contributed by atoms with E-state index >= 15 is 0 Å². The van der Waals surface area contributed by atoms with Crippen molar-refractivity contribution < 1.29 is 9.15 Å². The number of hydrogen-bond donors (Lipinski definition) is 0. The predicted octanol–water partition coefficient (Wildman–Crippen LogP) is 18.2. The van der Waals surface area contributed by atoms with E-state index in [1.807, 2.05) is 6.07 Å². The first-order valence-electron chi connectivity index (χ1n) is 25.2. The summed E-state index contributed by atoms with van der Waals surface area (Å²) in [5.41, 5.74) is 18.2. The Balaban J connectivity index is 1.02. The molecule has 0 radical (unpaired) electrons. The molecule has 0 amide bonds. The van der Waals surface area contributed by atoms with Crippen LogP contribution in [0.1, 0.15) is 44.5 Å². The van der Waals surface area contributed by atoms with Gasteiger partial charge in [0.15, 0.2) is 0 Å². The van der Waals surface area contributed by atoms with Crippen molar-refractivity contribution in [3.63, 3.8) is 0 Å². The lowest BCUT2D eigenvalue weighted by Gasteiger charge is -2.40. The number of nitrogens with zero attached hydrogens (tertiary/aromatic N) is 1. The lowest BCUT2D eigenvalue weighted by atomic mass is 9.65. The van der Waals surface area contributed by atoms with Crippen LogP contribution in [0.4, 0.5) is 17.1 Å². The molecule has 1 aliphatic heterocycles. The number of furan rings is 1. The average molecular weight is 930 g/mol. The van der Waals surface area contributed by atoms with Gasteiger partial charge in [-0.3, -0.25) is 0 Å². The fraction of sp³-hybridized carbons (Fsp3) is 0.0286. The third-order valence-electron chi connectivity index (χ3n) is 16.4. The van der Waals surface area contributed by atoms with Crippen LogP contribution in [0.3, 0.4) is 0 Å². The average Bonchev–Trinajstić information content (AvgIpc) is 4.08. The highest BCUT2D eigenvalue weighted by Gasteiger charge is 2.53. The summed E-state index contributed by atoms with van der Waals surface area (Å²) in [6.07, 6.45) is 0. The first kappa shape index (κ1) is 40.3. The molecule has 2 aliphatic carbocycles. The number of anilines is 3. The van der Waals surface area contributed by atoms with Crippen LogP contribution in [0.5, 0.6) is 11.5 Å². The minimum absolute atomic E-state index is 0.586. The molecular formula is C70H43NO2. The third kappa shape index (κ3) is 5.33. The number of hydrogen-bond acceptors (Lipinski definition) is 3. The highest BCUT2D eigenvalue weighted by molar-refractivity contribution is 6.08. The number of ether oxygens (including phenoxy) is 1. The molecule has 12 aromatic carbocycles. The maximum atomic E-state index is 7.35. The normalized spacial score (nSPS) is 14.1. The summed E-state index contributed by atoms with van der Waals surface area (Å²) in [5, 5.41) is 6.66. The van der Waals surface area contributed by atoms with Crippen LogP contribution < -0.4 is 9.64 Å². The monoisotopic (exact) mass is 929 g/mol. The molecule has 3 nitrogen and oxygen atoms in total. The van der Waals surface area contributed by atoms with Gasteiger partial charge in [0.25, 0.3) is 0 Å². The van der Waals surface area contributed by atoms with E-state index in [0.717, 1.165) is 83.2 Å². The molecule has 13 aromatic rings. The Kier molecular flexibility index (Phi) is 8.30.